The van der Waals surface area contributed by atoms with Crippen molar-refractivity contribution in [3.8, 4) is 0 Å². The number of rotatable bonds is 5. The highest BCUT2D eigenvalue weighted by Crippen LogP contribution is 2.26. The summed E-state index contributed by atoms with van der Waals surface area (Å²) in [6.45, 7) is 7.95. The van der Waals surface area contributed by atoms with Crippen molar-refractivity contribution in [2.75, 3.05) is 32.9 Å². The zero-order chi connectivity index (χ0) is 16.0. The summed E-state index contributed by atoms with van der Waals surface area (Å²) in [6.07, 6.45) is 10.4. The van der Waals surface area contributed by atoms with Gasteiger partial charge < -0.3 is 15.5 Å². The summed E-state index contributed by atoms with van der Waals surface area (Å²) >= 11 is 1.89. The Labute approximate surface area is 140 Å². The molecular weight excluding hydrogens is 292 g/mol. The standard InChI is InChI=1S/C17H34N4S/c1-17(2,22-4)13-19-16(18-3)20-14-9-11-21(12-10-14)15-7-5-6-8-15/h14-15H,5-13H2,1-4H3,(H2,18,19,20). The molecule has 2 rings (SSSR count). The third kappa shape index (κ3) is 5.34. The lowest BCUT2D eigenvalue weighted by atomic mass is 10.0. The number of hydrogen-bond acceptors (Lipinski definition) is 3. The van der Waals surface area contributed by atoms with Crippen molar-refractivity contribution in [3.63, 3.8) is 0 Å². The molecule has 2 N–H and O–H groups in total. The van der Waals surface area contributed by atoms with E-state index in [9.17, 15) is 0 Å². The molecule has 1 aliphatic heterocycles. The SMILES string of the molecule is CN=C(NCC(C)(C)SC)NC1CCN(C2CCCC2)CC1. The van der Waals surface area contributed by atoms with E-state index in [1.54, 1.807) is 0 Å². The van der Waals surface area contributed by atoms with Crippen molar-refractivity contribution in [1.82, 2.24) is 15.5 Å². The molecule has 128 valence electrons. The van der Waals surface area contributed by atoms with Gasteiger partial charge in [-0.25, -0.2) is 0 Å². The van der Waals surface area contributed by atoms with Gasteiger partial charge in [0, 0.05) is 43.5 Å². The van der Waals surface area contributed by atoms with E-state index in [-0.39, 0.29) is 4.75 Å². The van der Waals surface area contributed by atoms with Gasteiger partial charge in [-0.15, -0.1) is 0 Å². The Hall–Kier alpha value is -0.420. The minimum Gasteiger partial charge on any atom is -0.355 e. The molecule has 1 aliphatic carbocycles. The van der Waals surface area contributed by atoms with Gasteiger partial charge in [0.2, 0.25) is 0 Å². The van der Waals surface area contributed by atoms with E-state index in [4.69, 9.17) is 0 Å². The van der Waals surface area contributed by atoms with Crippen LogP contribution in [0.25, 0.3) is 0 Å². The van der Waals surface area contributed by atoms with Crippen LogP contribution in [0.15, 0.2) is 4.99 Å². The molecule has 2 fully saturated rings. The van der Waals surface area contributed by atoms with E-state index >= 15 is 0 Å². The Balaban J connectivity index is 1.71. The molecule has 2 aliphatic rings. The van der Waals surface area contributed by atoms with Gasteiger partial charge in [-0.05, 0) is 45.8 Å². The summed E-state index contributed by atoms with van der Waals surface area (Å²) in [5.74, 6) is 0.960. The van der Waals surface area contributed by atoms with Crippen LogP contribution in [-0.4, -0.2) is 60.6 Å². The van der Waals surface area contributed by atoms with E-state index in [0.29, 0.717) is 6.04 Å². The zero-order valence-corrected chi connectivity index (χ0v) is 15.6. The topological polar surface area (TPSA) is 39.7 Å². The van der Waals surface area contributed by atoms with Gasteiger partial charge in [0.15, 0.2) is 5.96 Å². The summed E-state index contributed by atoms with van der Waals surface area (Å²) in [7, 11) is 1.87. The van der Waals surface area contributed by atoms with Gasteiger partial charge in [0.05, 0.1) is 0 Å². The number of piperidine rings is 1. The van der Waals surface area contributed by atoms with Gasteiger partial charge in [0.25, 0.3) is 0 Å². The lowest BCUT2D eigenvalue weighted by Gasteiger charge is -2.37. The monoisotopic (exact) mass is 326 g/mol. The summed E-state index contributed by atoms with van der Waals surface area (Å²) < 4.78 is 0.240. The Morgan fingerprint density at radius 2 is 1.82 bits per heavy atom. The smallest absolute Gasteiger partial charge is 0.191 e. The van der Waals surface area contributed by atoms with Crippen LogP contribution in [0.4, 0.5) is 0 Å². The predicted molar refractivity (Wildman–Crippen MR) is 98.9 cm³/mol. The average molecular weight is 327 g/mol. The first-order valence-corrected chi connectivity index (χ1v) is 10.0. The molecule has 1 saturated carbocycles. The van der Waals surface area contributed by atoms with Crippen LogP contribution in [0.3, 0.4) is 0 Å². The Morgan fingerprint density at radius 3 is 2.36 bits per heavy atom. The number of hydrogen-bond donors (Lipinski definition) is 2. The molecule has 0 aromatic heterocycles. The lowest BCUT2D eigenvalue weighted by molar-refractivity contribution is 0.150. The maximum absolute atomic E-state index is 4.39. The average Bonchev–Trinajstić information content (AvgIpc) is 3.06. The van der Waals surface area contributed by atoms with Crippen LogP contribution in [0, 0.1) is 0 Å². The van der Waals surface area contributed by atoms with Crippen LogP contribution < -0.4 is 10.6 Å². The van der Waals surface area contributed by atoms with Crippen molar-refractivity contribution in [1.29, 1.82) is 0 Å². The largest absolute Gasteiger partial charge is 0.355 e. The molecule has 0 bridgehead atoms. The Kier molecular flexibility index (Phi) is 6.87. The minimum absolute atomic E-state index is 0.240. The Bertz CT molecular complexity index is 356. The maximum atomic E-state index is 4.39. The number of nitrogens with zero attached hydrogens (tertiary/aromatic N) is 2. The quantitative estimate of drug-likeness (QED) is 0.602. The van der Waals surface area contributed by atoms with Gasteiger partial charge in [-0.2, -0.15) is 11.8 Å². The molecular formula is C17H34N4S. The molecule has 0 aromatic carbocycles. The summed E-state index contributed by atoms with van der Waals surface area (Å²) in [6, 6.07) is 1.45. The molecule has 1 heterocycles. The first-order valence-electron chi connectivity index (χ1n) is 8.80. The van der Waals surface area contributed by atoms with E-state index in [2.05, 4.69) is 40.6 Å². The zero-order valence-electron chi connectivity index (χ0n) is 14.8. The van der Waals surface area contributed by atoms with Gasteiger partial charge >= 0.3 is 0 Å². The normalized spacial score (nSPS) is 23.0. The lowest BCUT2D eigenvalue weighted by Crippen LogP contribution is -2.51. The van der Waals surface area contributed by atoms with Gasteiger partial charge in [0.1, 0.15) is 0 Å². The maximum Gasteiger partial charge on any atom is 0.191 e. The van der Waals surface area contributed by atoms with Crippen LogP contribution >= 0.6 is 11.8 Å². The second kappa shape index (κ2) is 8.44. The number of guanidine groups is 1. The van der Waals surface area contributed by atoms with Crippen molar-refractivity contribution >= 4 is 17.7 Å². The summed E-state index contributed by atoms with van der Waals surface area (Å²) in [5, 5.41) is 7.10. The van der Waals surface area contributed by atoms with E-state index in [0.717, 1.165) is 18.5 Å². The third-order valence-electron chi connectivity index (χ3n) is 5.17. The summed E-state index contributed by atoms with van der Waals surface area (Å²) in [4.78, 5) is 7.11. The molecule has 0 aromatic rings. The highest BCUT2D eigenvalue weighted by Gasteiger charge is 2.27. The van der Waals surface area contributed by atoms with Crippen LogP contribution in [0.5, 0.6) is 0 Å². The van der Waals surface area contributed by atoms with E-state index < -0.39 is 0 Å². The third-order valence-corrected chi connectivity index (χ3v) is 6.42. The van der Waals surface area contributed by atoms with Crippen LogP contribution in [-0.2, 0) is 0 Å². The fourth-order valence-electron chi connectivity index (χ4n) is 3.44. The first kappa shape index (κ1) is 17.9. The van der Waals surface area contributed by atoms with Gasteiger partial charge in [-0.1, -0.05) is 12.8 Å². The fraction of sp³-hybridized carbons (Fsp3) is 0.941. The highest BCUT2D eigenvalue weighted by molar-refractivity contribution is 7.99. The number of nitrogens with one attached hydrogen (secondary N) is 2. The summed E-state index contributed by atoms with van der Waals surface area (Å²) in [5.41, 5.74) is 0. The number of aliphatic imine (C=N–C) groups is 1. The number of likely N-dealkylation sites (tertiary alicyclic amines) is 1. The van der Waals surface area contributed by atoms with Crippen LogP contribution in [0.2, 0.25) is 0 Å². The second-order valence-corrected chi connectivity index (χ2v) is 8.80. The molecule has 0 amide bonds. The second-order valence-electron chi connectivity index (χ2n) is 7.28. The molecule has 0 atom stereocenters. The molecule has 4 nitrogen and oxygen atoms in total. The van der Waals surface area contributed by atoms with Crippen molar-refractivity contribution in [3.05, 3.63) is 0 Å². The molecule has 5 heteroatoms. The molecule has 1 saturated heterocycles. The van der Waals surface area contributed by atoms with Gasteiger partial charge in [-0.3, -0.25) is 4.99 Å². The fourth-order valence-corrected chi connectivity index (χ4v) is 3.65. The Morgan fingerprint density at radius 1 is 1.18 bits per heavy atom. The molecule has 0 radical (unpaired) electrons. The molecule has 0 spiro atoms. The van der Waals surface area contributed by atoms with Crippen molar-refractivity contribution in [2.45, 2.75) is 69.2 Å². The van der Waals surface area contributed by atoms with E-state index in [1.165, 1.54) is 51.6 Å². The number of thioether (sulfide) groups is 1. The minimum atomic E-state index is 0.240. The predicted octanol–water partition coefficient (Wildman–Crippen LogP) is 2.70. The highest BCUT2D eigenvalue weighted by atomic mass is 32.2. The van der Waals surface area contributed by atoms with E-state index in [1.807, 2.05) is 18.8 Å². The molecule has 22 heavy (non-hydrogen) atoms. The van der Waals surface area contributed by atoms with Crippen molar-refractivity contribution in [2.24, 2.45) is 4.99 Å². The first-order chi connectivity index (χ1) is 10.5. The van der Waals surface area contributed by atoms with Crippen LogP contribution in [0.1, 0.15) is 52.4 Å². The molecule has 0 unspecified atom stereocenters. The van der Waals surface area contributed by atoms with Crippen molar-refractivity contribution < 1.29 is 0 Å².